The number of carbonyl (C=O) groups excluding carboxylic acids is 1. The summed E-state index contributed by atoms with van der Waals surface area (Å²) >= 11 is 5.85. The molecule has 3 rings (SSSR count). The van der Waals surface area contributed by atoms with Crippen molar-refractivity contribution < 1.29 is 9.53 Å². The lowest BCUT2D eigenvalue weighted by Gasteiger charge is -2.01. The quantitative estimate of drug-likeness (QED) is 0.596. The van der Waals surface area contributed by atoms with Crippen LogP contribution < -0.4 is 0 Å². The van der Waals surface area contributed by atoms with Crippen LogP contribution in [-0.2, 0) is 9.53 Å². The van der Waals surface area contributed by atoms with E-state index in [1.165, 1.54) is 5.56 Å². The van der Waals surface area contributed by atoms with Gasteiger partial charge >= 0.3 is 5.97 Å². The number of esters is 1. The van der Waals surface area contributed by atoms with Gasteiger partial charge in [-0.05, 0) is 36.8 Å². The standard InChI is InChI=1S/C18H13ClO2/c1-12-2-6-14(7-3-12)17-11-15(18(20)21-17)10-13-4-8-16(19)9-5-13/h2-11H,1H3/b15-10-. The number of aryl methyl sites for hydroxylation is 1. The monoisotopic (exact) mass is 296 g/mol. The Morgan fingerprint density at radius 2 is 1.67 bits per heavy atom. The molecule has 2 aromatic carbocycles. The van der Waals surface area contributed by atoms with E-state index in [1.54, 1.807) is 24.3 Å². The number of benzene rings is 2. The summed E-state index contributed by atoms with van der Waals surface area (Å²) in [6.07, 6.45) is 3.56. The van der Waals surface area contributed by atoms with Crippen LogP contribution in [0.3, 0.4) is 0 Å². The molecule has 1 aliphatic heterocycles. The smallest absolute Gasteiger partial charge is 0.343 e. The highest BCUT2D eigenvalue weighted by Gasteiger charge is 2.21. The maximum absolute atomic E-state index is 11.9. The number of rotatable bonds is 2. The van der Waals surface area contributed by atoms with Crippen LogP contribution in [0, 0.1) is 6.92 Å². The number of cyclic esters (lactones) is 1. The molecule has 3 heteroatoms. The molecule has 1 aliphatic rings. The summed E-state index contributed by atoms with van der Waals surface area (Å²) in [7, 11) is 0. The second kappa shape index (κ2) is 5.58. The molecule has 2 nitrogen and oxygen atoms in total. The van der Waals surface area contributed by atoms with Crippen molar-refractivity contribution in [2.24, 2.45) is 0 Å². The van der Waals surface area contributed by atoms with Gasteiger partial charge in [-0.15, -0.1) is 0 Å². The third-order valence-electron chi connectivity index (χ3n) is 3.25. The number of hydrogen-bond acceptors (Lipinski definition) is 2. The van der Waals surface area contributed by atoms with E-state index in [4.69, 9.17) is 16.3 Å². The minimum atomic E-state index is -0.333. The van der Waals surface area contributed by atoms with Gasteiger partial charge in [-0.3, -0.25) is 0 Å². The fraction of sp³-hybridized carbons (Fsp3) is 0.0556. The molecule has 0 aliphatic carbocycles. The van der Waals surface area contributed by atoms with E-state index in [2.05, 4.69) is 0 Å². The Balaban J connectivity index is 1.91. The summed E-state index contributed by atoms with van der Waals surface area (Å²) in [4.78, 5) is 11.9. The van der Waals surface area contributed by atoms with Gasteiger partial charge in [-0.1, -0.05) is 53.6 Å². The van der Waals surface area contributed by atoms with Crippen molar-refractivity contribution in [3.63, 3.8) is 0 Å². The molecule has 21 heavy (non-hydrogen) atoms. The molecule has 0 unspecified atom stereocenters. The van der Waals surface area contributed by atoms with Gasteiger partial charge in [0.25, 0.3) is 0 Å². The van der Waals surface area contributed by atoms with E-state index in [9.17, 15) is 4.79 Å². The van der Waals surface area contributed by atoms with Gasteiger partial charge in [0.1, 0.15) is 5.76 Å². The van der Waals surface area contributed by atoms with Crippen LogP contribution in [-0.4, -0.2) is 5.97 Å². The first-order valence-electron chi connectivity index (χ1n) is 6.60. The lowest BCUT2D eigenvalue weighted by Crippen LogP contribution is -1.97. The van der Waals surface area contributed by atoms with Gasteiger partial charge in [-0.25, -0.2) is 4.79 Å². The zero-order chi connectivity index (χ0) is 14.8. The highest BCUT2D eigenvalue weighted by Crippen LogP contribution is 2.27. The van der Waals surface area contributed by atoms with Crippen LogP contribution >= 0.6 is 11.6 Å². The zero-order valence-electron chi connectivity index (χ0n) is 11.5. The van der Waals surface area contributed by atoms with E-state index in [-0.39, 0.29) is 5.97 Å². The van der Waals surface area contributed by atoms with E-state index >= 15 is 0 Å². The van der Waals surface area contributed by atoms with Crippen molar-refractivity contribution in [2.45, 2.75) is 6.92 Å². The van der Waals surface area contributed by atoms with E-state index in [1.807, 2.05) is 43.3 Å². The van der Waals surface area contributed by atoms with Gasteiger partial charge in [0.2, 0.25) is 0 Å². The Hall–Kier alpha value is -2.32. The van der Waals surface area contributed by atoms with Crippen molar-refractivity contribution in [1.29, 1.82) is 0 Å². The largest absolute Gasteiger partial charge is 0.422 e. The predicted molar refractivity (Wildman–Crippen MR) is 84.7 cm³/mol. The average Bonchev–Trinajstić information content (AvgIpc) is 2.83. The topological polar surface area (TPSA) is 26.3 Å². The molecule has 0 saturated carbocycles. The summed E-state index contributed by atoms with van der Waals surface area (Å²) in [5, 5.41) is 0.669. The van der Waals surface area contributed by atoms with Gasteiger partial charge in [0.15, 0.2) is 0 Å². The maximum atomic E-state index is 11.9. The van der Waals surface area contributed by atoms with Gasteiger partial charge in [0.05, 0.1) is 5.57 Å². The Kier molecular flexibility index (Phi) is 3.63. The first kappa shape index (κ1) is 13.7. The molecule has 2 aromatic rings. The van der Waals surface area contributed by atoms with Crippen molar-refractivity contribution in [1.82, 2.24) is 0 Å². The minimum Gasteiger partial charge on any atom is -0.422 e. The van der Waals surface area contributed by atoms with Crippen LogP contribution in [0.15, 0.2) is 60.2 Å². The lowest BCUT2D eigenvalue weighted by molar-refractivity contribution is -0.130. The third kappa shape index (κ3) is 3.06. The number of hydrogen-bond donors (Lipinski definition) is 0. The third-order valence-corrected chi connectivity index (χ3v) is 3.51. The van der Waals surface area contributed by atoms with Crippen molar-refractivity contribution >= 4 is 29.4 Å². The molecule has 0 saturated heterocycles. The molecule has 0 atom stereocenters. The SMILES string of the molecule is Cc1ccc(C2=C/C(=C/c3ccc(Cl)cc3)C(=O)O2)cc1. The van der Waals surface area contributed by atoms with E-state index in [0.717, 1.165) is 11.1 Å². The Labute approximate surface area is 128 Å². The second-order valence-electron chi connectivity index (χ2n) is 4.92. The molecule has 0 bridgehead atoms. The Morgan fingerprint density at radius 1 is 1.00 bits per heavy atom. The molecule has 0 radical (unpaired) electrons. The summed E-state index contributed by atoms with van der Waals surface area (Å²) < 4.78 is 5.32. The summed E-state index contributed by atoms with van der Waals surface area (Å²) in [5.74, 6) is 0.251. The summed E-state index contributed by atoms with van der Waals surface area (Å²) in [5.41, 5.74) is 3.51. The van der Waals surface area contributed by atoms with Gasteiger partial charge < -0.3 is 4.74 Å². The molecule has 0 spiro atoms. The van der Waals surface area contributed by atoms with Gasteiger partial charge in [-0.2, -0.15) is 0 Å². The minimum absolute atomic E-state index is 0.333. The normalized spacial score (nSPS) is 16.0. The van der Waals surface area contributed by atoms with Crippen molar-refractivity contribution in [3.8, 4) is 0 Å². The molecule has 104 valence electrons. The first-order chi connectivity index (χ1) is 10.1. The predicted octanol–water partition coefficient (Wildman–Crippen LogP) is 4.63. The highest BCUT2D eigenvalue weighted by atomic mass is 35.5. The van der Waals surface area contributed by atoms with Crippen molar-refractivity contribution in [3.05, 3.63) is 81.9 Å². The number of halogens is 1. The Bertz CT molecular complexity index is 738. The summed E-state index contributed by atoms with van der Waals surface area (Å²) in [6, 6.07) is 15.2. The van der Waals surface area contributed by atoms with E-state index < -0.39 is 0 Å². The summed E-state index contributed by atoms with van der Waals surface area (Å²) in [6.45, 7) is 2.02. The van der Waals surface area contributed by atoms with Crippen LogP contribution in [0.25, 0.3) is 11.8 Å². The molecule has 0 fully saturated rings. The zero-order valence-corrected chi connectivity index (χ0v) is 12.2. The Morgan fingerprint density at radius 3 is 2.33 bits per heavy atom. The average molecular weight is 297 g/mol. The molecular formula is C18H13ClO2. The fourth-order valence-electron chi connectivity index (χ4n) is 2.09. The van der Waals surface area contributed by atoms with Crippen molar-refractivity contribution in [2.75, 3.05) is 0 Å². The number of ether oxygens (including phenoxy) is 1. The lowest BCUT2D eigenvalue weighted by atomic mass is 10.1. The van der Waals surface area contributed by atoms with Crippen LogP contribution in [0.4, 0.5) is 0 Å². The van der Waals surface area contributed by atoms with E-state index in [0.29, 0.717) is 16.4 Å². The molecule has 0 N–H and O–H groups in total. The van der Waals surface area contributed by atoms with Crippen LogP contribution in [0.2, 0.25) is 5.02 Å². The first-order valence-corrected chi connectivity index (χ1v) is 6.98. The van der Waals surface area contributed by atoms with Gasteiger partial charge in [0, 0.05) is 10.6 Å². The second-order valence-corrected chi connectivity index (χ2v) is 5.35. The maximum Gasteiger partial charge on any atom is 0.343 e. The molecule has 0 aromatic heterocycles. The molecule has 1 heterocycles. The van der Waals surface area contributed by atoms with Crippen LogP contribution in [0.1, 0.15) is 16.7 Å². The van der Waals surface area contributed by atoms with Crippen LogP contribution in [0.5, 0.6) is 0 Å². The molecule has 0 amide bonds. The highest BCUT2D eigenvalue weighted by molar-refractivity contribution is 6.30. The fourth-order valence-corrected chi connectivity index (χ4v) is 2.21. The number of carbonyl (C=O) groups is 1. The molecular weight excluding hydrogens is 284 g/mol.